The predicted octanol–water partition coefficient (Wildman–Crippen LogP) is 2.79. The minimum absolute atomic E-state index is 0.179. The number of aliphatic imine (C=N–C) groups is 1. The minimum atomic E-state index is -0.337. The number of amidine groups is 1. The van der Waals surface area contributed by atoms with Gasteiger partial charge in [0.25, 0.3) is 0 Å². The molecule has 1 aromatic heterocycles. The van der Waals surface area contributed by atoms with Gasteiger partial charge in [-0.25, -0.2) is 19.8 Å². The number of nitrogens with one attached hydrogen (secondary N) is 1. The number of rotatable bonds is 6. The van der Waals surface area contributed by atoms with E-state index in [0.29, 0.717) is 28.8 Å². The fourth-order valence-electron chi connectivity index (χ4n) is 3.10. The maximum Gasteiger partial charge on any atom is 0.305 e. The van der Waals surface area contributed by atoms with Crippen molar-refractivity contribution in [3.8, 4) is 0 Å². The Morgan fingerprint density at radius 3 is 2.93 bits per heavy atom. The number of hydrogen-bond donors (Lipinski definition) is 2. The number of benzene rings is 1. The topological polar surface area (TPSA) is 112 Å². The molecule has 1 aliphatic heterocycles. The highest BCUT2D eigenvalue weighted by molar-refractivity contribution is 9.10. The van der Waals surface area contributed by atoms with Crippen LogP contribution in [0, 0.1) is 12.7 Å². The summed E-state index contributed by atoms with van der Waals surface area (Å²) in [4.78, 5) is 30.0. The predicted molar refractivity (Wildman–Crippen MR) is 109 cm³/mol. The summed E-state index contributed by atoms with van der Waals surface area (Å²) < 4.78 is 18.7. The SMILES string of the molecule is COC(=O)CCCONC1=NC(c2ccc(F)cc2Br)Cc2nc(N)nc(C)c21. The summed E-state index contributed by atoms with van der Waals surface area (Å²) in [5, 5.41) is 0. The normalized spacial score (nSPS) is 15.4. The number of nitrogen functional groups attached to an aromatic ring is 1. The van der Waals surface area contributed by atoms with Crippen molar-refractivity contribution in [2.24, 2.45) is 4.99 Å². The number of carbonyl (C=O) groups is 1. The van der Waals surface area contributed by atoms with Crippen LogP contribution in [0.2, 0.25) is 0 Å². The van der Waals surface area contributed by atoms with Crippen molar-refractivity contribution in [2.45, 2.75) is 32.2 Å². The molecule has 1 unspecified atom stereocenters. The van der Waals surface area contributed by atoms with Gasteiger partial charge in [0.15, 0.2) is 5.84 Å². The first-order chi connectivity index (χ1) is 13.9. The lowest BCUT2D eigenvalue weighted by Crippen LogP contribution is -2.32. The number of esters is 1. The average Bonchev–Trinajstić information content (AvgIpc) is 2.66. The van der Waals surface area contributed by atoms with E-state index >= 15 is 0 Å². The second-order valence-corrected chi connectivity index (χ2v) is 7.34. The highest BCUT2D eigenvalue weighted by Gasteiger charge is 2.27. The summed E-state index contributed by atoms with van der Waals surface area (Å²) in [6, 6.07) is 4.16. The van der Waals surface area contributed by atoms with Crippen LogP contribution in [0.3, 0.4) is 0 Å². The summed E-state index contributed by atoms with van der Waals surface area (Å²) >= 11 is 3.40. The molecule has 0 saturated heterocycles. The van der Waals surface area contributed by atoms with Crippen molar-refractivity contribution in [2.75, 3.05) is 19.5 Å². The van der Waals surface area contributed by atoms with Crippen LogP contribution < -0.4 is 11.2 Å². The lowest BCUT2D eigenvalue weighted by atomic mass is 9.95. The van der Waals surface area contributed by atoms with Gasteiger partial charge >= 0.3 is 5.97 Å². The molecular weight excluding hydrogens is 445 g/mol. The smallest absolute Gasteiger partial charge is 0.305 e. The van der Waals surface area contributed by atoms with Gasteiger partial charge in [-0.15, -0.1) is 0 Å². The number of methoxy groups -OCH3 is 1. The second kappa shape index (κ2) is 9.27. The molecule has 0 amide bonds. The molecule has 0 fully saturated rings. The third-order valence-corrected chi connectivity index (χ3v) is 5.12. The molecule has 154 valence electrons. The Morgan fingerprint density at radius 1 is 1.41 bits per heavy atom. The molecule has 3 rings (SSSR count). The van der Waals surface area contributed by atoms with Crippen molar-refractivity contribution >= 4 is 33.7 Å². The number of ether oxygens (including phenoxy) is 1. The van der Waals surface area contributed by atoms with Crippen molar-refractivity contribution in [1.82, 2.24) is 15.4 Å². The van der Waals surface area contributed by atoms with Gasteiger partial charge in [-0.3, -0.25) is 14.6 Å². The second-order valence-electron chi connectivity index (χ2n) is 6.48. The number of fused-ring (bicyclic) bond motifs is 1. The highest BCUT2D eigenvalue weighted by Crippen LogP contribution is 2.34. The highest BCUT2D eigenvalue weighted by atomic mass is 79.9. The zero-order valence-corrected chi connectivity index (χ0v) is 17.6. The van der Waals surface area contributed by atoms with E-state index in [2.05, 4.69) is 36.1 Å². The van der Waals surface area contributed by atoms with E-state index in [1.165, 1.54) is 19.2 Å². The van der Waals surface area contributed by atoms with Gasteiger partial charge in [-0.05, 0) is 31.0 Å². The first kappa shape index (κ1) is 21.1. The zero-order chi connectivity index (χ0) is 21.0. The first-order valence-corrected chi connectivity index (χ1v) is 9.79. The van der Waals surface area contributed by atoms with Crippen molar-refractivity contribution < 1.29 is 18.8 Å². The molecule has 1 aliphatic rings. The Morgan fingerprint density at radius 2 is 2.21 bits per heavy atom. The fraction of sp³-hybridized carbons (Fsp3) is 0.368. The lowest BCUT2D eigenvalue weighted by molar-refractivity contribution is -0.141. The van der Waals surface area contributed by atoms with Gasteiger partial charge in [0, 0.05) is 17.3 Å². The van der Waals surface area contributed by atoms with E-state index in [1.54, 1.807) is 6.07 Å². The van der Waals surface area contributed by atoms with Crippen LogP contribution in [-0.4, -0.2) is 35.5 Å². The van der Waals surface area contributed by atoms with Gasteiger partial charge in [0.2, 0.25) is 5.95 Å². The van der Waals surface area contributed by atoms with Crippen LogP contribution in [0.15, 0.2) is 27.7 Å². The third-order valence-electron chi connectivity index (χ3n) is 4.44. The van der Waals surface area contributed by atoms with E-state index in [0.717, 1.165) is 16.8 Å². The van der Waals surface area contributed by atoms with Crippen molar-refractivity contribution in [1.29, 1.82) is 0 Å². The van der Waals surface area contributed by atoms with Gasteiger partial charge in [-0.2, -0.15) is 0 Å². The van der Waals surface area contributed by atoms with E-state index in [9.17, 15) is 9.18 Å². The number of hydroxylamine groups is 1. The number of anilines is 1. The van der Waals surface area contributed by atoms with E-state index in [1.807, 2.05) is 6.92 Å². The molecule has 1 atom stereocenters. The third kappa shape index (κ3) is 5.07. The van der Waals surface area contributed by atoms with Crippen LogP contribution in [0.5, 0.6) is 0 Å². The lowest BCUT2D eigenvalue weighted by Gasteiger charge is -2.25. The molecule has 0 saturated carbocycles. The summed E-state index contributed by atoms with van der Waals surface area (Å²) in [6.07, 6.45) is 1.23. The number of nitrogens with zero attached hydrogens (tertiary/aromatic N) is 3. The summed E-state index contributed by atoms with van der Waals surface area (Å²) in [5.41, 5.74) is 11.6. The largest absolute Gasteiger partial charge is 0.469 e. The van der Waals surface area contributed by atoms with Gasteiger partial charge in [0.05, 0.1) is 36.7 Å². The van der Waals surface area contributed by atoms with Crippen LogP contribution in [0.4, 0.5) is 10.3 Å². The van der Waals surface area contributed by atoms with E-state index in [-0.39, 0.29) is 36.8 Å². The van der Waals surface area contributed by atoms with Crippen molar-refractivity contribution in [3.05, 3.63) is 51.0 Å². The van der Waals surface area contributed by atoms with Gasteiger partial charge in [-0.1, -0.05) is 22.0 Å². The molecule has 8 nitrogen and oxygen atoms in total. The standard InChI is InChI=1S/C19H21BrFN5O3/c1-10-17-15(25-19(22)23-10)9-14(12-6-5-11(21)8-13(12)20)24-18(17)26-29-7-3-4-16(27)28-2/h5-6,8,14H,3-4,7,9H2,1-2H3,(H,24,26)(H2,22,23,25). The van der Waals surface area contributed by atoms with E-state index in [4.69, 9.17) is 15.6 Å². The number of hydrogen-bond acceptors (Lipinski definition) is 8. The Labute approximate surface area is 175 Å². The van der Waals surface area contributed by atoms with Crippen LogP contribution >= 0.6 is 15.9 Å². The number of halogens is 2. The molecule has 0 radical (unpaired) electrons. The maximum absolute atomic E-state index is 13.5. The van der Waals surface area contributed by atoms with Gasteiger partial charge < -0.3 is 10.5 Å². The molecule has 0 spiro atoms. The summed E-state index contributed by atoms with van der Waals surface area (Å²) in [5.74, 6) is 0.00636. The Kier molecular flexibility index (Phi) is 6.75. The number of aryl methyl sites for hydroxylation is 1. The average molecular weight is 466 g/mol. The number of aromatic nitrogens is 2. The molecule has 2 aromatic rings. The Balaban J connectivity index is 1.84. The monoisotopic (exact) mass is 465 g/mol. The van der Waals surface area contributed by atoms with Crippen molar-refractivity contribution in [3.63, 3.8) is 0 Å². The molecular formula is C19H21BrFN5O3. The molecule has 1 aromatic carbocycles. The van der Waals surface area contributed by atoms with Crippen LogP contribution in [-0.2, 0) is 20.8 Å². The molecule has 2 heterocycles. The van der Waals surface area contributed by atoms with Gasteiger partial charge in [0.1, 0.15) is 5.82 Å². The molecule has 10 heteroatoms. The Bertz CT molecular complexity index is 954. The molecule has 0 bridgehead atoms. The maximum atomic E-state index is 13.5. The summed E-state index contributed by atoms with van der Waals surface area (Å²) in [6.45, 7) is 2.10. The summed E-state index contributed by atoms with van der Waals surface area (Å²) in [7, 11) is 1.34. The molecule has 3 N–H and O–H groups in total. The number of carbonyl (C=O) groups excluding carboxylic acids is 1. The first-order valence-electron chi connectivity index (χ1n) is 8.99. The minimum Gasteiger partial charge on any atom is -0.469 e. The Hall–Kier alpha value is -2.59. The van der Waals surface area contributed by atoms with E-state index < -0.39 is 0 Å². The molecule has 29 heavy (non-hydrogen) atoms. The molecule has 0 aliphatic carbocycles. The van der Waals surface area contributed by atoms with Crippen LogP contribution in [0.25, 0.3) is 0 Å². The number of nitrogens with two attached hydrogens (primary N) is 1. The fourth-order valence-corrected chi connectivity index (χ4v) is 3.71. The zero-order valence-electron chi connectivity index (χ0n) is 16.0. The van der Waals surface area contributed by atoms with Crippen LogP contribution in [0.1, 0.15) is 41.4 Å². The quantitative estimate of drug-likeness (QED) is 0.383.